The van der Waals surface area contributed by atoms with Crippen molar-refractivity contribution in [2.45, 2.75) is 64.5 Å². The number of amides is 1. The lowest BCUT2D eigenvalue weighted by molar-refractivity contribution is 0.0957. The first kappa shape index (κ1) is 24.3. The molecule has 7 nitrogen and oxygen atoms in total. The summed E-state index contributed by atoms with van der Waals surface area (Å²) in [6.07, 6.45) is 9.40. The van der Waals surface area contributed by atoms with Gasteiger partial charge in [0.15, 0.2) is 5.65 Å². The van der Waals surface area contributed by atoms with Crippen LogP contribution in [0.5, 0.6) is 5.75 Å². The van der Waals surface area contributed by atoms with E-state index in [9.17, 15) is 4.79 Å². The molecule has 2 aliphatic heterocycles. The van der Waals surface area contributed by atoms with Gasteiger partial charge in [-0.05, 0) is 99.4 Å². The molecule has 2 aromatic heterocycles. The largest absolute Gasteiger partial charge is 0.491 e. The van der Waals surface area contributed by atoms with Crippen LogP contribution in [0, 0.1) is 6.92 Å². The van der Waals surface area contributed by atoms with Gasteiger partial charge in [-0.3, -0.25) is 14.8 Å². The molecule has 1 unspecified atom stereocenters. The summed E-state index contributed by atoms with van der Waals surface area (Å²) in [7, 11) is 0. The molecule has 1 aliphatic carbocycles. The van der Waals surface area contributed by atoms with E-state index in [1.165, 1.54) is 48.9 Å². The van der Waals surface area contributed by atoms with Crippen molar-refractivity contribution in [3.8, 4) is 28.1 Å². The molecule has 7 rings (SSSR count). The fourth-order valence-electron chi connectivity index (χ4n) is 6.83. The molecule has 1 amide bonds. The molecular formula is C32H35N5O2. The summed E-state index contributed by atoms with van der Waals surface area (Å²) in [5.41, 5.74) is 9.31. The Balaban J connectivity index is 1.21. The van der Waals surface area contributed by atoms with E-state index in [1.807, 2.05) is 25.3 Å². The Labute approximate surface area is 229 Å². The van der Waals surface area contributed by atoms with Crippen LogP contribution in [0.3, 0.4) is 0 Å². The third-order valence-corrected chi connectivity index (χ3v) is 8.99. The lowest BCUT2D eigenvalue weighted by Gasteiger charge is -2.30. The van der Waals surface area contributed by atoms with E-state index >= 15 is 0 Å². The van der Waals surface area contributed by atoms with Gasteiger partial charge < -0.3 is 10.1 Å². The van der Waals surface area contributed by atoms with E-state index in [0.29, 0.717) is 30.5 Å². The predicted octanol–water partition coefficient (Wildman–Crippen LogP) is 5.45. The molecule has 0 spiro atoms. The third kappa shape index (κ3) is 4.39. The van der Waals surface area contributed by atoms with Crippen molar-refractivity contribution >= 4 is 16.9 Å². The number of nitrogens with one attached hydrogen (secondary N) is 2. The van der Waals surface area contributed by atoms with Crippen molar-refractivity contribution in [2.24, 2.45) is 0 Å². The Morgan fingerprint density at radius 3 is 2.72 bits per heavy atom. The number of carbonyl (C=O) groups excluding carboxylic acids is 1. The zero-order valence-electron chi connectivity index (χ0n) is 22.7. The molecule has 3 aliphatic rings. The summed E-state index contributed by atoms with van der Waals surface area (Å²) in [5, 5.41) is 11.6. The number of aromatic nitrogens is 3. The average molecular weight is 522 g/mol. The molecule has 1 saturated heterocycles. The molecular weight excluding hydrogens is 486 g/mol. The van der Waals surface area contributed by atoms with Crippen LogP contribution in [-0.4, -0.2) is 57.8 Å². The first-order valence-electron chi connectivity index (χ1n) is 14.3. The van der Waals surface area contributed by atoms with Crippen LogP contribution in [0.1, 0.15) is 59.7 Å². The summed E-state index contributed by atoms with van der Waals surface area (Å²) in [4.78, 5) is 20.0. The van der Waals surface area contributed by atoms with Gasteiger partial charge in [0.1, 0.15) is 18.1 Å². The zero-order valence-corrected chi connectivity index (χ0v) is 22.7. The molecule has 39 heavy (non-hydrogen) atoms. The SMILES string of the molecule is Cc1cc2c(cc1-c1n[nH]c3ncc(-c4ccc5c(c4)CCC(N4CCC[C@H]4C)CC5)cc13)OCCNC2=O. The number of hydrogen-bond donors (Lipinski definition) is 2. The van der Waals surface area contributed by atoms with E-state index in [0.717, 1.165) is 52.3 Å². The van der Waals surface area contributed by atoms with Crippen LogP contribution in [0.25, 0.3) is 33.4 Å². The van der Waals surface area contributed by atoms with Gasteiger partial charge in [0.2, 0.25) is 0 Å². The lowest BCUT2D eigenvalue weighted by atomic mass is 9.96. The molecule has 200 valence electrons. The number of aryl methyl sites for hydroxylation is 3. The average Bonchev–Trinajstić information content (AvgIpc) is 3.45. The molecule has 0 bridgehead atoms. The molecule has 0 radical (unpaired) electrons. The number of H-pyrrole nitrogens is 1. The Kier molecular flexibility index (Phi) is 6.11. The topological polar surface area (TPSA) is 83.1 Å². The summed E-state index contributed by atoms with van der Waals surface area (Å²) in [5.74, 6) is 0.496. The van der Waals surface area contributed by atoms with Crippen molar-refractivity contribution in [3.63, 3.8) is 0 Å². The van der Waals surface area contributed by atoms with Crippen molar-refractivity contribution < 1.29 is 9.53 Å². The van der Waals surface area contributed by atoms with Crippen molar-refractivity contribution in [1.29, 1.82) is 0 Å². The van der Waals surface area contributed by atoms with Gasteiger partial charge >= 0.3 is 0 Å². The quantitative estimate of drug-likeness (QED) is 0.350. The van der Waals surface area contributed by atoms with Gasteiger partial charge in [0.25, 0.3) is 5.91 Å². The number of rotatable bonds is 3. The summed E-state index contributed by atoms with van der Waals surface area (Å²) >= 11 is 0. The van der Waals surface area contributed by atoms with Crippen LogP contribution in [-0.2, 0) is 12.8 Å². The van der Waals surface area contributed by atoms with Crippen molar-refractivity contribution in [3.05, 3.63) is 64.8 Å². The Morgan fingerprint density at radius 2 is 1.87 bits per heavy atom. The van der Waals surface area contributed by atoms with Gasteiger partial charge in [-0.15, -0.1) is 0 Å². The molecule has 7 heteroatoms. The number of fused-ring (bicyclic) bond motifs is 3. The highest BCUT2D eigenvalue weighted by atomic mass is 16.5. The lowest BCUT2D eigenvalue weighted by Crippen LogP contribution is -2.37. The number of pyridine rings is 1. The first-order chi connectivity index (χ1) is 19.0. The van der Waals surface area contributed by atoms with Crippen LogP contribution >= 0.6 is 0 Å². The van der Waals surface area contributed by atoms with Gasteiger partial charge in [0, 0.05) is 34.8 Å². The fraction of sp³-hybridized carbons (Fsp3) is 0.406. The first-order valence-corrected chi connectivity index (χ1v) is 14.3. The van der Waals surface area contributed by atoms with E-state index in [1.54, 1.807) is 0 Å². The van der Waals surface area contributed by atoms with Gasteiger partial charge in [-0.25, -0.2) is 4.98 Å². The minimum atomic E-state index is -0.0996. The van der Waals surface area contributed by atoms with Gasteiger partial charge in [0.05, 0.1) is 12.1 Å². The standard InChI is InChI=1S/C32H35N5O2/c1-19-14-27-29(39-13-11-33-32(27)38)17-26(19)30-28-16-24(18-34-31(28)36-35-30)23-6-5-21-7-9-25(10-8-22(21)15-23)37-12-3-4-20(37)2/h5-6,14-18,20,25H,3-4,7-13H2,1-2H3,(H,33,38)(H,34,35,36)/t20-,25?/m1/s1. The minimum absolute atomic E-state index is 0.0996. The van der Waals surface area contributed by atoms with Crippen LogP contribution < -0.4 is 10.1 Å². The molecule has 2 atom stereocenters. The second-order valence-electron chi connectivity index (χ2n) is 11.4. The molecule has 4 aromatic rings. The highest BCUT2D eigenvalue weighted by molar-refractivity contribution is 6.00. The third-order valence-electron chi connectivity index (χ3n) is 8.99. The zero-order chi connectivity index (χ0) is 26.5. The van der Waals surface area contributed by atoms with Crippen LogP contribution in [0.2, 0.25) is 0 Å². The summed E-state index contributed by atoms with van der Waals surface area (Å²) in [6, 6.07) is 14.4. The number of benzene rings is 2. The van der Waals surface area contributed by atoms with E-state index in [2.05, 4.69) is 51.6 Å². The maximum Gasteiger partial charge on any atom is 0.255 e. The normalized spacial score (nSPS) is 21.5. The number of nitrogens with zero attached hydrogens (tertiary/aromatic N) is 3. The fourth-order valence-corrected chi connectivity index (χ4v) is 6.83. The summed E-state index contributed by atoms with van der Waals surface area (Å²) in [6.45, 7) is 6.61. The van der Waals surface area contributed by atoms with E-state index < -0.39 is 0 Å². The maximum atomic E-state index is 12.5. The summed E-state index contributed by atoms with van der Waals surface area (Å²) < 4.78 is 5.89. The second-order valence-corrected chi connectivity index (χ2v) is 11.4. The van der Waals surface area contributed by atoms with Crippen LogP contribution in [0.15, 0.2) is 42.6 Å². The number of likely N-dealkylation sites (tertiary alicyclic amines) is 1. The van der Waals surface area contributed by atoms with Gasteiger partial charge in [-0.1, -0.05) is 18.2 Å². The molecule has 0 saturated carbocycles. The number of carbonyl (C=O) groups is 1. The number of hydrogen-bond acceptors (Lipinski definition) is 5. The number of aromatic amines is 1. The second kappa shape index (κ2) is 9.79. The number of ether oxygens (including phenoxy) is 1. The molecule has 4 heterocycles. The van der Waals surface area contributed by atoms with Gasteiger partial charge in [-0.2, -0.15) is 5.10 Å². The van der Waals surface area contributed by atoms with Crippen molar-refractivity contribution in [1.82, 2.24) is 25.4 Å². The van der Waals surface area contributed by atoms with Crippen LogP contribution in [0.4, 0.5) is 0 Å². The Bertz CT molecular complexity index is 1570. The Morgan fingerprint density at radius 1 is 1.00 bits per heavy atom. The monoisotopic (exact) mass is 521 g/mol. The molecule has 2 aromatic carbocycles. The minimum Gasteiger partial charge on any atom is -0.491 e. The molecule has 1 fully saturated rings. The van der Waals surface area contributed by atoms with E-state index in [-0.39, 0.29) is 5.91 Å². The van der Waals surface area contributed by atoms with Crippen molar-refractivity contribution in [2.75, 3.05) is 19.7 Å². The predicted molar refractivity (Wildman–Crippen MR) is 153 cm³/mol. The maximum absolute atomic E-state index is 12.5. The highest BCUT2D eigenvalue weighted by Crippen LogP contribution is 2.36. The Hall–Kier alpha value is -3.71. The smallest absolute Gasteiger partial charge is 0.255 e. The van der Waals surface area contributed by atoms with E-state index in [4.69, 9.17) is 9.72 Å². The molecule has 2 N–H and O–H groups in total. The highest BCUT2D eigenvalue weighted by Gasteiger charge is 2.29.